The zero-order valence-electron chi connectivity index (χ0n) is 13.5. The third-order valence-corrected chi connectivity index (χ3v) is 4.63. The molecule has 126 valence electrons. The molecule has 2 amide bonds. The van der Waals surface area contributed by atoms with Gasteiger partial charge in [0.05, 0.1) is 6.42 Å². The summed E-state index contributed by atoms with van der Waals surface area (Å²) >= 11 is 6.11. The molecule has 6 nitrogen and oxygen atoms in total. The van der Waals surface area contributed by atoms with Gasteiger partial charge in [-0.2, -0.15) is 5.10 Å². The molecule has 7 heteroatoms. The number of nitrogens with zero attached hydrogens (tertiary/aromatic N) is 4. The van der Waals surface area contributed by atoms with Crippen molar-refractivity contribution in [1.82, 2.24) is 19.6 Å². The zero-order chi connectivity index (χ0) is 17.1. The fraction of sp³-hybridized carbons (Fsp3) is 0.353. The van der Waals surface area contributed by atoms with Crippen LogP contribution < -0.4 is 0 Å². The Morgan fingerprint density at radius 1 is 1.08 bits per heavy atom. The standard InChI is InChI=1S/C17H19ClN4O2/c1-20-15(6-7-19-20)17(24)22-10-8-21(9-11-22)16(23)12-13-4-2-3-5-14(13)18/h2-7H,8-12H2,1H3. The van der Waals surface area contributed by atoms with Gasteiger partial charge < -0.3 is 9.80 Å². The molecule has 0 unspecified atom stereocenters. The Morgan fingerprint density at radius 3 is 2.38 bits per heavy atom. The monoisotopic (exact) mass is 346 g/mol. The van der Waals surface area contributed by atoms with Crippen LogP contribution in [0.2, 0.25) is 5.02 Å². The van der Waals surface area contributed by atoms with Gasteiger partial charge in [-0.15, -0.1) is 0 Å². The maximum Gasteiger partial charge on any atom is 0.272 e. The Bertz CT molecular complexity index is 751. The number of amides is 2. The highest BCUT2D eigenvalue weighted by atomic mass is 35.5. The van der Waals surface area contributed by atoms with Gasteiger partial charge in [0.15, 0.2) is 0 Å². The quantitative estimate of drug-likeness (QED) is 0.848. The van der Waals surface area contributed by atoms with Crippen molar-refractivity contribution in [2.24, 2.45) is 7.05 Å². The van der Waals surface area contributed by atoms with Crippen LogP contribution in [0.4, 0.5) is 0 Å². The van der Waals surface area contributed by atoms with Gasteiger partial charge in [0.2, 0.25) is 5.91 Å². The molecule has 2 aromatic rings. The summed E-state index contributed by atoms with van der Waals surface area (Å²) in [5.41, 5.74) is 1.39. The van der Waals surface area contributed by atoms with Crippen molar-refractivity contribution in [2.45, 2.75) is 6.42 Å². The molecule has 3 rings (SSSR count). The zero-order valence-corrected chi connectivity index (χ0v) is 14.2. The highest BCUT2D eigenvalue weighted by Crippen LogP contribution is 2.17. The number of hydrogen-bond acceptors (Lipinski definition) is 3. The highest BCUT2D eigenvalue weighted by Gasteiger charge is 2.26. The second-order valence-corrected chi connectivity index (χ2v) is 6.19. The van der Waals surface area contributed by atoms with Gasteiger partial charge in [-0.3, -0.25) is 14.3 Å². The predicted molar refractivity (Wildman–Crippen MR) is 90.8 cm³/mol. The Kier molecular flexibility index (Phi) is 4.85. The first kappa shape index (κ1) is 16.5. The lowest BCUT2D eigenvalue weighted by Crippen LogP contribution is -2.51. The second-order valence-electron chi connectivity index (χ2n) is 5.78. The number of aromatic nitrogens is 2. The summed E-state index contributed by atoms with van der Waals surface area (Å²) in [5, 5.41) is 4.63. The Hall–Kier alpha value is -2.34. The smallest absolute Gasteiger partial charge is 0.272 e. The molecule has 0 spiro atoms. The van der Waals surface area contributed by atoms with E-state index >= 15 is 0 Å². The summed E-state index contributed by atoms with van der Waals surface area (Å²) in [4.78, 5) is 28.4. The minimum Gasteiger partial charge on any atom is -0.339 e. The van der Waals surface area contributed by atoms with Crippen LogP contribution in [0.3, 0.4) is 0 Å². The van der Waals surface area contributed by atoms with Crippen molar-refractivity contribution < 1.29 is 9.59 Å². The van der Waals surface area contributed by atoms with E-state index in [0.29, 0.717) is 36.9 Å². The van der Waals surface area contributed by atoms with E-state index in [4.69, 9.17) is 11.6 Å². The van der Waals surface area contributed by atoms with Gasteiger partial charge in [0, 0.05) is 44.4 Å². The SMILES string of the molecule is Cn1nccc1C(=O)N1CCN(C(=O)Cc2ccccc2Cl)CC1. The van der Waals surface area contributed by atoms with Crippen LogP contribution in [0.25, 0.3) is 0 Å². The fourth-order valence-electron chi connectivity index (χ4n) is 2.82. The first-order valence-electron chi connectivity index (χ1n) is 7.84. The molecule has 0 atom stereocenters. The average molecular weight is 347 g/mol. The molecule has 1 aliphatic heterocycles. The van der Waals surface area contributed by atoms with Crippen molar-refractivity contribution in [3.63, 3.8) is 0 Å². The predicted octanol–water partition coefficient (Wildman–Crippen LogP) is 1.60. The molecule has 1 saturated heterocycles. The van der Waals surface area contributed by atoms with Gasteiger partial charge in [-0.1, -0.05) is 29.8 Å². The molecule has 1 aliphatic rings. The second kappa shape index (κ2) is 7.05. The van der Waals surface area contributed by atoms with Gasteiger partial charge in [-0.05, 0) is 17.7 Å². The number of halogens is 1. The van der Waals surface area contributed by atoms with Crippen LogP contribution in [-0.2, 0) is 18.3 Å². The topological polar surface area (TPSA) is 58.4 Å². The summed E-state index contributed by atoms with van der Waals surface area (Å²) in [6.07, 6.45) is 1.89. The summed E-state index contributed by atoms with van der Waals surface area (Å²) in [6.45, 7) is 2.12. The van der Waals surface area contributed by atoms with Crippen LogP contribution in [0, 0.1) is 0 Å². The van der Waals surface area contributed by atoms with E-state index in [1.54, 1.807) is 39.9 Å². The molecular weight excluding hydrogens is 328 g/mol. The third kappa shape index (κ3) is 3.43. The highest BCUT2D eigenvalue weighted by molar-refractivity contribution is 6.31. The first-order valence-corrected chi connectivity index (χ1v) is 8.22. The van der Waals surface area contributed by atoms with E-state index in [1.807, 2.05) is 18.2 Å². The van der Waals surface area contributed by atoms with Gasteiger partial charge in [0.1, 0.15) is 5.69 Å². The third-order valence-electron chi connectivity index (χ3n) is 4.26. The Balaban J connectivity index is 1.57. The van der Waals surface area contributed by atoms with Crippen molar-refractivity contribution >= 4 is 23.4 Å². The molecule has 0 N–H and O–H groups in total. The number of carbonyl (C=O) groups is 2. The lowest BCUT2D eigenvalue weighted by molar-refractivity contribution is -0.131. The van der Waals surface area contributed by atoms with Crippen LogP contribution >= 0.6 is 11.6 Å². The lowest BCUT2D eigenvalue weighted by Gasteiger charge is -2.34. The van der Waals surface area contributed by atoms with Crippen molar-refractivity contribution in [2.75, 3.05) is 26.2 Å². The lowest BCUT2D eigenvalue weighted by atomic mass is 10.1. The molecule has 1 aromatic carbocycles. The van der Waals surface area contributed by atoms with E-state index in [-0.39, 0.29) is 18.2 Å². The number of piperazine rings is 1. The summed E-state index contributed by atoms with van der Waals surface area (Å²) in [6, 6.07) is 9.08. The minimum atomic E-state index is -0.0480. The number of rotatable bonds is 3. The maximum atomic E-state index is 12.4. The summed E-state index contributed by atoms with van der Waals surface area (Å²) in [7, 11) is 1.75. The molecule has 1 fully saturated rings. The van der Waals surface area contributed by atoms with Crippen LogP contribution in [0.1, 0.15) is 16.1 Å². The first-order chi connectivity index (χ1) is 11.6. The summed E-state index contributed by atoms with van der Waals surface area (Å²) in [5.74, 6) is -0.0102. The molecule has 1 aromatic heterocycles. The fourth-order valence-corrected chi connectivity index (χ4v) is 3.02. The summed E-state index contributed by atoms with van der Waals surface area (Å²) < 4.78 is 1.57. The Morgan fingerprint density at radius 2 is 1.75 bits per heavy atom. The van der Waals surface area contributed by atoms with Crippen molar-refractivity contribution in [1.29, 1.82) is 0 Å². The Labute approximate surface area is 145 Å². The number of carbonyl (C=O) groups excluding carboxylic acids is 2. The molecule has 24 heavy (non-hydrogen) atoms. The van der Waals surface area contributed by atoms with Gasteiger partial charge in [0.25, 0.3) is 5.91 Å². The molecular formula is C17H19ClN4O2. The minimum absolute atomic E-state index is 0.0377. The normalized spacial score (nSPS) is 14.8. The maximum absolute atomic E-state index is 12.4. The average Bonchev–Trinajstić information content (AvgIpc) is 3.02. The number of benzene rings is 1. The molecule has 0 radical (unpaired) electrons. The molecule has 0 saturated carbocycles. The number of hydrogen-bond donors (Lipinski definition) is 0. The largest absolute Gasteiger partial charge is 0.339 e. The van der Waals surface area contributed by atoms with E-state index in [0.717, 1.165) is 5.56 Å². The van der Waals surface area contributed by atoms with E-state index in [9.17, 15) is 9.59 Å². The molecule has 0 aliphatic carbocycles. The van der Waals surface area contributed by atoms with Gasteiger partial charge >= 0.3 is 0 Å². The van der Waals surface area contributed by atoms with E-state index < -0.39 is 0 Å². The van der Waals surface area contributed by atoms with Crippen LogP contribution in [-0.4, -0.2) is 57.6 Å². The van der Waals surface area contributed by atoms with Crippen LogP contribution in [0.5, 0.6) is 0 Å². The van der Waals surface area contributed by atoms with Crippen molar-refractivity contribution in [3.05, 3.63) is 52.8 Å². The van der Waals surface area contributed by atoms with Crippen LogP contribution in [0.15, 0.2) is 36.5 Å². The van der Waals surface area contributed by atoms with E-state index in [2.05, 4.69) is 5.10 Å². The molecule has 0 bridgehead atoms. The van der Waals surface area contributed by atoms with Crippen molar-refractivity contribution in [3.8, 4) is 0 Å². The van der Waals surface area contributed by atoms with Gasteiger partial charge in [-0.25, -0.2) is 0 Å². The molecule has 2 heterocycles. The number of aryl methyl sites for hydroxylation is 1. The van der Waals surface area contributed by atoms with E-state index in [1.165, 1.54) is 0 Å².